The van der Waals surface area contributed by atoms with Crippen LogP contribution in [-0.2, 0) is 19.6 Å². The Morgan fingerprint density at radius 2 is 1.89 bits per heavy atom. The topological polar surface area (TPSA) is 80.7 Å². The van der Waals surface area contributed by atoms with Gasteiger partial charge >= 0.3 is 5.97 Å². The van der Waals surface area contributed by atoms with E-state index in [2.05, 4.69) is 0 Å². The summed E-state index contributed by atoms with van der Waals surface area (Å²) in [7, 11) is -0.0272. The van der Waals surface area contributed by atoms with E-state index in [0.717, 1.165) is 6.42 Å². The summed E-state index contributed by atoms with van der Waals surface area (Å²) in [6, 6.07) is 0. The molecule has 19 heavy (non-hydrogen) atoms. The van der Waals surface area contributed by atoms with Crippen LogP contribution in [-0.4, -0.2) is 63.0 Å². The highest BCUT2D eigenvalue weighted by molar-refractivity contribution is 7.85. The number of carbonyl (C=O) groups is 1. The van der Waals surface area contributed by atoms with Crippen molar-refractivity contribution in [1.82, 2.24) is 0 Å². The lowest BCUT2D eigenvalue weighted by atomic mass is 10.1. The van der Waals surface area contributed by atoms with Crippen LogP contribution in [0.25, 0.3) is 0 Å². The quantitative estimate of drug-likeness (QED) is 0.389. The van der Waals surface area contributed by atoms with Crippen LogP contribution in [0, 0.1) is 5.92 Å². The van der Waals surface area contributed by atoms with Crippen molar-refractivity contribution in [2.24, 2.45) is 5.92 Å². The smallest absolute Gasteiger partial charge is 0.308 e. The lowest BCUT2D eigenvalue weighted by Crippen LogP contribution is -2.44. The predicted molar refractivity (Wildman–Crippen MR) is 73.3 cm³/mol. The molecule has 0 aromatic rings. The van der Waals surface area contributed by atoms with Gasteiger partial charge in [0.2, 0.25) is 0 Å². The number of quaternary nitrogens is 1. The van der Waals surface area contributed by atoms with Crippen molar-refractivity contribution < 1.29 is 27.0 Å². The molecule has 1 N–H and O–H groups in total. The van der Waals surface area contributed by atoms with Gasteiger partial charge in [0, 0.05) is 6.42 Å². The molecular weight excluding hydrogens is 270 g/mol. The molecule has 0 saturated carbocycles. The molecule has 0 spiro atoms. The Kier molecular flexibility index (Phi) is 7.54. The largest absolute Gasteiger partial charge is 0.459 e. The highest BCUT2D eigenvalue weighted by Gasteiger charge is 2.18. The molecule has 1 atom stereocenters. The van der Waals surface area contributed by atoms with E-state index in [4.69, 9.17) is 9.29 Å². The second kappa shape index (κ2) is 7.81. The van der Waals surface area contributed by atoms with E-state index in [9.17, 15) is 13.2 Å². The summed E-state index contributed by atoms with van der Waals surface area (Å²) >= 11 is 0. The van der Waals surface area contributed by atoms with E-state index in [-0.39, 0.29) is 17.6 Å². The summed E-state index contributed by atoms with van der Waals surface area (Å²) in [4.78, 5) is 11.5. The van der Waals surface area contributed by atoms with E-state index >= 15 is 0 Å². The van der Waals surface area contributed by atoms with Gasteiger partial charge in [0.15, 0.2) is 0 Å². The highest BCUT2D eigenvalue weighted by atomic mass is 32.2. The van der Waals surface area contributed by atoms with Gasteiger partial charge in [0.25, 0.3) is 10.1 Å². The maximum absolute atomic E-state index is 11.5. The summed E-state index contributed by atoms with van der Waals surface area (Å²) in [6.45, 7) is 5.30. The van der Waals surface area contributed by atoms with Gasteiger partial charge in [0.1, 0.15) is 13.2 Å². The fourth-order valence-corrected chi connectivity index (χ4v) is 1.98. The van der Waals surface area contributed by atoms with Gasteiger partial charge in [-0.1, -0.05) is 13.8 Å². The minimum Gasteiger partial charge on any atom is -0.459 e. The molecule has 0 aliphatic carbocycles. The molecule has 0 amide bonds. The Morgan fingerprint density at radius 3 is 2.37 bits per heavy atom. The number of esters is 1. The van der Waals surface area contributed by atoms with Gasteiger partial charge in [0.05, 0.1) is 32.3 Å². The van der Waals surface area contributed by atoms with E-state index in [1.807, 2.05) is 27.9 Å². The van der Waals surface area contributed by atoms with Gasteiger partial charge < -0.3 is 9.22 Å². The van der Waals surface area contributed by atoms with Crippen molar-refractivity contribution in [1.29, 1.82) is 0 Å². The van der Waals surface area contributed by atoms with E-state index in [1.165, 1.54) is 0 Å². The number of ether oxygens (including phenoxy) is 1. The van der Waals surface area contributed by atoms with E-state index < -0.39 is 10.1 Å². The standard InChI is InChI=1S/C12H25NO5S/c1-5-11(2)12(14)18-9-8-13(3,4)7-6-10-19(15,16)17/h11H,5-10H2,1-4H3/p+1. The Labute approximate surface area is 116 Å². The molecule has 0 heterocycles. The van der Waals surface area contributed by atoms with Gasteiger partial charge in [-0.3, -0.25) is 9.35 Å². The van der Waals surface area contributed by atoms with Crippen molar-refractivity contribution in [3.63, 3.8) is 0 Å². The van der Waals surface area contributed by atoms with Crippen LogP contribution < -0.4 is 0 Å². The van der Waals surface area contributed by atoms with Crippen LogP contribution in [0.2, 0.25) is 0 Å². The third-order valence-electron chi connectivity index (χ3n) is 3.12. The molecule has 0 aromatic carbocycles. The maximum atomic E-state index is 11.5. The first-order chi connectivity index (χ1) is 8.57. The van der Waals surface area contributed by atoms with Crippen LogP contribution in [0.15, 0.2) is 0 Å². The molecule has 0 fully saturated rings. The first-order valence-corrected chi connectivity index (χ1v) is 8.12. The normalized spacial score (nSPS) is 14.2. The average molecular weight is 296 g/mol. The third-order valence-corrected chi connectivity index (χ3v) is 3.93. The van der Waals surface area contributed by atoms with Crippen LogP contribution >= 0.6 is 0 Å². The molecule has 0 rings (SSSR count). The van der Waals surface area contributed by atoms with Crippen molar-refractivity contribution in [2.45, 2.75) is 26.7 Å². The minimum absolute atomic E-state index is 0.0878. The highest BCUT2D eigenvalue weighted by Crippen LogP contribution is 2.05. The molecule has 0 aliphatic heterocycles. The Bertz CT molecular complexity index is 378. The zero-order chi connectivity index (χ0) is 15.1. The molecule has 0 radical (unpaired) electrons. The minimum atomic E-state index is -3.89. The summed E-state index contributed by atoms with van der Waals surface area (Å²) in [6.07, 6.45) is 1.14. The van der Waals surface area contributed by atoms with Crippen molar-refractivity contribution >= 4 is 16.1 Å². The average Bonchev–Trinajstić information content (AvgIpc) is 2.25. The first-order valence-electron chi connectivity index (χ1n) is 6.51. The van der Waals surface area contributed by atoms with Crippen LogP contribution in [0.3, 0.4) is 0 Å². The number of rotatable bonds is 9. The number of nitrogens with zero attached hydrogens (tertiary/aromatic N) is 1. The number of hydrogen-bond acceptors (Lipinski definition) is 4. The Morgan fingerprint density at radius 1 is 1.32 bits per heavy atom. The lowest BCUT2D eigenvalue weighted by Gasteiger charge is -2.29. The maximum Gasteiger partial charge on any atom is 0.308 e. The van der Waals surface area contributed by atoms with Gasteiger partial charge in [-0.2, -0.15) is 8.42 Å². The summed E-state index contributed by atoms with van der Waals surface area (Å²) in [5.41, 5.74) is 0. The second-order valence-corrected chi connectivity index (χ2v) is 7.07. The molecule has 0 aliphatic rings. The fraction of sp³-hybridized carbons (Fsp3) is 0.917. The second-order valence-electron chi connectivity index (χ2n) is 5.50. The Balaban J connectivity index is 3.94. The molecular formula is C12H26NO5S+. The fourth-order valence-electron chi connectivity index (χ4n) is 1.49. The molecule has 0 aromatic heterocycles. The monoisotopic (exact) mass is 296 g/mol. The van der Waals surface area contributed by atoms with E-state index in [0.29, 0.717) is 30.6 Å². The number of likely N-dealkylation sites (N-methyl/N-ethyl adjacent to an activating group) is 1. The molecule has 6 nitrogen and oxygen atoms in total. The molecule has 7 heteroatoms. The molecule has 1 unspecified atom stereocenters. The summed E-state index contributed by atoms with van der Waals surface area (Å²) < 4.78 is 35.6. The summed E-state index contributed by atoms with van der Waals surface area (Å²) in [5, 5.41) is 0. The van der Waals surface area contributed by atoms with Gasteiger partial charge in [-0.25, -0.2) is 0 Å². The zero-order valence-electron chi connectivity index (χ0n) is 12.3. The van der Waals surface area contributed by atoms with Crippen molar-refractivity contribution in [3.05, 3.63) is 0 Å². The lowest BCUT2D eigenvalue weighted by molar-refractivity contribution is -0.890. The van der Waals surface area contributed by atoms with Crippen LogP contribution in [0.1, 0.15) is 26.7 Å². The van der Waals surface area contributed by atoms with Crippen LogP contribution in [0.5, 0.6) is 0 Å². The predicted octanol–water partition coefficient (Wildman–Crippen LogP) is 0.930. The number of hydrogen-bond donors (Lipinski definition) is 1. The van der Waals surface area contributed by atoms with E-state index in [1.54, 1.807) is 0 Å². The number of carbonyl (C=O) groups excluding carboxylic acids is 1. The van der Waals surface area contributed by atoms with Crippen molar-refractivity contribution in [3.8, 4) is 0 Å². The third kappa shape index (κ3) is 9.86. The zero-order valence-corrected chi connectivity index (χ0v) is 13.1. The van der Waals surface area contributed by atoms with Gasteiger partial charge in [-0.05, 0) is 6.42 Å². The SMILES string of the molecule is CCC(C)C(=O)OCC[N+](C)(C)CCCS(=O)(=O)O. The molecule has 0 bridgehead atoms. The first kappa shape index (κ1) is 18.3. The van der Waals surface area contributed by atoms with Gasteiger partial charge in [-0.15, -0.1) is 0 Å². The molecule has 114 valence electrons. The molecule has 0 saturated heterocycles. The van der Waals surface area contributed by atoms with Crippen molar-refractivity contribution in [2.75, 3.05) is 39.5 Å². The Hall–Kier alpha value is -0.660. The summed E-state index contributed by atoms with van der Waals surface area (Å²) in [5.74, 6) is -0.517. The van der Waals surface area contributed by atoms with Crippen LogP contribution in [0.4, 0.5) is 0 Å².